The molecule has 0 aliphatic carbocycles. The van der Waals surface area contributed by atoms with Crippen LogP contribution in [0, 0.1) is 5.92 Å². The summed E-state index contributed by atoms with van der Waals surface area (Å²) in [5, 5.41) is 3.58. The molecule has 1 aromatic heterocycles. The van der Waals surface area contributed by atoms with Crippen molar-refractivity contribution in [2.24, 2.45) is 5.92 Å². The van der Waals surface area contributed by atoms with Crippen LogP contribution in [0.2, 0.25) is 0 Å². The Hall–Kier alpha value is -1.40. The van der Waals surface area contributed by atoms with Gasteiger partial charge in [-0.2, -0.15) is 0 Å². The van der Waals surface area contributed by atoms with Crippen molar-refractivity contribution in [3.8, 4) is 0 Å². The van der Waals surface area contributed by atoms with E-state index in [4.69, 9.17) is 9.26 Å². The SMILES string of the molecule is CN1CCO[C@@H]2CN(C(=O)c3ccno3)CC[C@H]2C1. The smallest absolute Gasteiger partial charge is 0.292 e. The second-order valence-corrected chi connectivity index (χ2v) is 5.35. The number of carbonyl (C=O) groups excluding carboxylic acids is 1. The van der Waals surface area contributed by atoms with Gasteiger partial charge in [0.25, 0.3) is 5.91 Å². The van der Waals surface area contributed by atoms with Gasteiger partial charge in [0, 0.05) is 38.2 Å². The Kier molecular flexibility index (Phi) is 3.52. The highest BCUT2D eigenvalue weighted by molar-refractivity contribution is 5.91. The van der Waals surface area contributed by atoms with Crippen molar-refractivity contribution in [1.29, 1.82) is 0 Å². The Morgan fingerprint density at radius 3 is 3.11 bits per heavy atom. The Balaban J connectivity index is 1.67. The Morgan fingerprint density at radius 1 is 1.42 bits per heavy atom. The normalized spacial score (nSPS) is 28.8. The summed E-state index contributed by atoms with van der Waals surface area (Å²) in [5.74, 6) is 0.743. The Labute approximate surface area is 112 Å². The van der Waals surface area contributed by atoms with Gasteiger partial charge in [-0.3, -0.25) is 4.79 Å². The molecule has 0 saturated carbocycles. The molecule has 104 valence electrons. The third-order valence-corrected chi connectivity index (χ3v) is 3.98. The predicted octanol–water partition coefficient (Wildman–Crippen LogP) is 0.467. The molecule has 3 heterocycles. The van der Waals surface area contributed by atoms with Gasteiger partial charge in [-0.25, -0.2) is 0 Å². The molecule has 2 fully saturated rings. The van der Waals surface area contributed by atoms with E-state index >= 15 is 0 Å². The van der Waals surface area contributed by atoms with Crippen molar-refractivity contribution in [3.63, 3.8) is 0 Å². The maximum Gasteiger partial charge on any atom is 0.292 e. The van der Waals surface area contributed by atoms with Gasteiger partial charge in [0.15, 0.2) is 0 Å². The summed E-state index contributed by atoms with van der Waals surface area (Å²) in [6.07, 6.45) is 2.62. The fourth-order valence-electron chi connectivity index (χ4n) is 2.88. The molecule has 1 amide bonds. The van der Waals surface area contributed by atoms with Gasteiger partial charge in [-0.15, -0.1) is 0 Å². The summed E-state index contributed by atoms with van der Waals surface area (Å²) in [5.41, 5.74) is 0. The summed E-state index contributed by atoms with van der Waals surface area (Å²) in [6, 6.07) is 1.61. The fraction of sp³-hybridized carbons (Fsp3) is 0.692. The maximum atomic E-state index is 12.2. The summed E-state index contributed by atoms with van der Waals surface area (Å²) in [4.78, 5) is 16.3. The van der Waals surface area contributed by atoms with Crippen LogP contribution in [0.15, 0.2) is 16.8 Å². The second-order valence-electron chi connectivity index (χ2n) is 5.35. The molecule has 2 atom stereocenters. The number of rotatable bonds is 1. The minimum atomic E-state index is -0.0860. The minimum Gasteiger partial charge on any atom is -0.375 e. The molecule has 2 aliphatic rings. The van der Waals surface area contributed by atoms with Gasteiger partial charge in [0.1, 0.15) is 0 Å². The number of hydrogen-bond acceptors (Lipinski definition) is 5. The molecule has 2 saturated heterocycles. The molecule has 19 heavy (non-hydrogen) atoms. The largest absolute Gasteiger partial charge is 0.375 e. The van der Waals surface area contributed by atoms with Crippen LogP contribution in [0.1, 0.15) is 17.0 Å². The molecule has 6 heteroatoms. The first kappa shape index (κ1) is 12.6. The third kappa shape index (κ3) is 2.64. The molecule has 0 N–H and O–H groups in total. The van der Waals surface area contributed by atoms with Crippen molar-refractivity contribution in [2.75, 3.05) is 39.8 Å². The van der Waals surface area contributed by atoms with Crippen molar-refractivity contribution >= 4 is 5.91 Å². The lowest BCUT2D eigenvalue weighted by Crippen LogP contribution is -2.48. The van der Waals surface area contributed by atoms with Crippen LogP contribution in [0.5, 0.6) is 0 Å². The first-order chi connectivity index (χ1) is 9.24. The molecule has 0 spiro atoms. The fourth-order valence-corrected chi connectivity index (χ4v) is 2.88. The van der Waals surface area contributed by atoms with Crippen LogP contribution in [-0.4, -0.2) is 66.8 Å². The average Bonchev–Trinajstić information content (AvgIpc) is 2.87. The van der Waals surface area contributed by atoms with E-state index in [9.17, 15) is 4.79 Å². The van der Waals surface area contributed by atoms with E-state index < -0.39 is 0 Å². The number of likely N-dealkylation sites (N-methyl/N-ethyl adjacent to an activating group) is 1. The van der Waals surface area contributed by atoms with E-state index in [-0.39, 0.29) is 12.0 Å². The highest BCUT2D eigenvalue weighted by Gasteiger charge is 2.35. The summed E-state index contributed by atoms with van der Waals surface area (Å²) in [6.45, 7) is 4.16. The lowest BCUT2D eigenvalue weighted by atomic mass is 9.93. The van der Waals surface area contributed by atoms with Crippen LogP contribution in [0.25, 0.3) is 0 Å². The van der Waals surface area contributed by atoms with Crippen LogP contribution in [0.4, 0.5) is 0 Å². The van der Waals surface area contributed by atoms with E-state index in [0.717, 1.165) is 32.7 Å². The zero-order valence-corrected chi connectivity index (χ0v) is 11.1. The standard InChI is InChI=1S/C13H19N3O3/c1-15-6-7-18-12-9-16(5-3-10(12)8-15)13(17)11-2-4-14-19-11/h2,4,10,12H,3,5-9H2,1H3/t10-,12+/m0/s1. The molecular weight excluding hydrogens is 246 g/mol. The van der Waals surface area contributed by atoms with E-state index in [0.29, 0.717) is 18.2 Å². The van der Waals surface area contributed by atoms with Crippen LogP contribution < -0.4 is 0 Å². The highest BCUT2D eigenvalue weighted by Crippen LogP contribution is 2.24. The minimum absolute atomic E-state index is 0.0860. The van der Waals surface area contributed by atoms with Crippen molar-refractivity contribution in [2.45, 2.75) is 12.5 Å². The quantitative estimate of drug-likeness (QED) is 0.738. The number of aromatic nitrogens is 1. The summed E-state index contributed by atoms with van der Waals surface area (Å²) in [7, 11) is 2.12. The monoisotopic (exact) mass is 265 g/mol. The zero-order valence-electron chi connectivity index (χ0n) is 11.1. The van der Waals surface area contributed by atoms with E-state index in [1.165, 1.54) is 6.20 Å². The van der Waals surface area contributed by atoms with Gasteiger partial charge in [0.05, 0.1) is 18.9 Å². The molecule has 2 aliphatic heterocycles. The molecule has 0 bridgehead atoms. The third-order valence-electron chi connectivity index (χ3n) is 3.98. The van der Waals surface area contributed by atoms with Crippen LogP contribution >= 0.6 is 0 Å². The number of ether oxygens (including phenoxy) is 1. The Morgan fingerprint density at radius 2 is 2.32 bits per heavy atom. The number of likely N-dealkylation sites (tertiary alicyclic amines) is 1. The van der Waals surface area contributed by atoms with Crippen molar-refractivity contribution in [1.82, 2.24) is 15.0 Å². The van der Waals surface area contributed by atoms with Gasteiger partial charge < -0.3 is 19.1 Å². The first-order valence-corrected chi connectivity index (χ1v) is 6.74. The molecule has 6 nitrogen and oxygen atoms in total. The number of fused-ring (bicyclic) bond motifs is 1. The highest BCUT2D eigenvalue weighted by atomic mass is 16.5. The predicted molar refractivity (Wildman–Crippen MR) is 67.8 cm³/mol. The van der Waals surface area contributed by atoms with Gasteiger partial charge >= 0.3 is 0 Å². The molecule has 0 aromatic carbocycles. The second kappa shape index (κ2) is 5.30. The number of piperidine rings is 1. The summed E-state index contributed by atoms with van der Waals surface area (Å²) >= 11 is 0. The molecule has 3 rings (SSSR count). The van der Waals surface area contributed by atoms with Crippen LogP contribution in [-0.2, 0) is 4.74 Å². The lowest BCUT2D eigenvalue weighted by molar-refractivity contribution is -0.0180. The number of carbonyl (C=O) groups is 1. The molecule has 0 radical (unpaired) electrons. The van der Waals surface area contributed by atoms with Gasteiger partial charge in [-0.1, -0.05) is 5.16 Å². The molecule has 1 aromatic rings. The first-order valence-electron chi connectivity index (χ1n) is 6.74. The molecular formula is C13H19N3O3. The summed E-state index contributed by atoms with van der Waals surface area (Å²) < 4.78 is 10.8. The zero-order chi connectivity index (χ0) is 13.2. The topological polar surface area (TPSA) is 58.8 Å². The van der Waals surface area contributed by atoms with E-state index in [2.05, 4.69) is 17.1 Å². The lowest BCUT2D eigenvalue weighted by Gasteiger charge is -2.37. The number of hydrogen-bond donors (Lipinski definition) is 0. The van der Waals surface area contributed by atoms with Gasteiger partial charge in [-0.05, 0) is 13.5 Å². The van der Waals surface area contributed by atoms with Gasteiger partial charge in [0.2, 0.25) is 5.76 Å². The van der Waals surface area contributed by atoms with E-state index in [1.54, 1.807) is 6.07 Å². The molecule has 0 unspecified atom stereocenters. The number of amides is 1. The average molecular weight is 265 g/mol. The van der Waals surface area contributed by atoms with Crippen LogP contribution in [0.3, 0.4) is 0 Å². The Bertz CT molecular complexity index is 434. The van der Waals surface area contributed by atoms with Crippen molar-refractivity contribution in [3.05, 3.63) is 18.0 Å². The number of nitrogens with zero attached hydrogens (tertiary/aromatic N) is 3. The van der Waals surface area contributed by atoms with E-state index in [1.807, 2.05) is 4.90 Å². The van der Waals surface area contributed by atoms with Crippen molar-refractivity contribution < 1.29 is 14.1 Å². The maximum absolute atomic E-state index is 12.2.